The minimum atomic E-state index is -1.16. The average molecular weight is 314 g/mol. The van der Waals surface area contributed by atoms with Gasteiger partial charge in [-0.1, -0.05) is 12.1 Å². The molecule has 1 fully saturated rings. The van der Waals surface area contributed by atoms with Gasteiger partial charge in [-0.3, -0.25) is 9.69 Å². The molecule has 23 heavy (non-hydrogen) atoms. The van der Waals surface area contributed by atoms with E-state index in [1.807, 2.05) is 25.1 Å². The number of methoxy groups -OCH3 is 1. The van der Waals surface area contributed by atoms with Crippen LogP contribution in [0.4, 0.5) is 4.79 Å². The standard InChI is InChI=1S/C17H18N2O4/c1-11-9-12(6-7-13(11)22-3)10-19-15(20)17(2,18-16(19)21)14-5-4-8-23-14/h4-9H,10H2,1-3H3,(H,18,21)/t17-/m0/s1. The van der Waals surface area contributed by atoms with Gasteiger partial charge in [-0.05, 0) is 43.2 Å². The largest absolute Gasteiger partial charge is 0.496 e. The molecule has 0 spiro atoms. The van der Waals surface area contributed by atoms with Gasteiger partial charge in [0.1, 0.15) is 11.5 Å². The molecule has 0 aliphatic carbocycles. The Bertz CT molecular complexity index is 754. The molecule has 3 rings (SSSR count). The first-order valence-electron chi connectivity index (χ1n) is 7.27. The van der Waals surface area contributed by atoms with E-state index in [2.05, 4.69) is 5.32 Å². The number of nitrogens with zero attached hydrogens (tertiary/aromatic N) is 1. The number of hydrogen-bond acceptors (Lipinski definition) is 4. The number of hydrogen-bond donors (Lipinski definition) is 1. The van der Waals surface area contributed by atoms with Gasteiger partial charge in [0.25, 0.3) is 5.91 Å². The second-order valence-corrected chi connectivity index (χ2v) is 5.73. The Labute approximate surface area is 134 Å². The average Bonchev–Trinajstić information content (AvgIpc) is 3.12. The van der Waals surface area contributed by atoms with Crippen molar-refractivity contribution in [2.24, 2.45) is 0 Å². The van der Waals surface area contributed by atoms with E-state index in [-0.39, 0.29) is 12.5 Å². The number of furan rings is 1. The fraction of sp³-hybridized carbons (Fsp3) is 0.294. The van der Waals surface area contributed by atoms with Crippen LogP contribution >= 0.6 is 0 Å². The first-order valence-corrected chi connectivity index (χ1v) is 7.27. The summed E-state index contributed by atoms with van der Waals surface area (Å²) in [6.07, 6.45) is 1.48. The van der Waals surface area contributed by atoms with Gasteiger partial charge in [0.05, 0.1) is 19.9 Å². The summed E-state index contributed by atoms with van der Waals surface area (Å²) in [5.74, 6) is 0.863. The van der Waals surface area contributed by atoms with Crippen LogP contribution in [0.3, 0.4) is 0 Å². The number of ether oxygens (including phenoxy) is 1. The zero-order chi connectivity index (χ0) is 16.6. The van der Waals surface area contributed by atoms with Crippen molar-refractivity contribution >= 4 is 11.9 Å². The Morgan fingerprint density at radius 1 is 1.30 bits per heavy atom. The summed E-state index contributed by atoms with van der Waals surface area (Å²) in [6.45, 7) is 3.76. The molecule has 120 valence electrons. The minimum Gasteiger partial charge on any atom is -0.496 e. The van der Waals surface area contributed by atoms with E-state index in [0.717, 1.165) is 16.9 Å². The number of nitrogens with one attached hydrogen (secondary N) is 1. The molecule has 1 saturated heterocycles. The van der Waals surface area contributed by atoms with Gasteiger partial charge in [-0.25, -0.2) is 4.79 Å². The number of carbonyl (C=O) groups excluding carboxylic acids is 2. The van der Waals surface area contributed by atoms with Crippen molar-refractivity contribution in [2.75, 3.05) is 7.11 Å². The predicted octanol–water partition coefficient (Wildman–Crippen LogP) is 2.56. The Morgan fingerprint density at radius 2 is 2.09 bits per heavy atom. The molecule has 0 saturated carbocycles. The van der Waals surface area contributed by atoms with Gasteiger partial charge < -0.3 is 14.5 Å². The summed E-state index contributed by atoms with van der Waals surface area (Å²) >= 11 is 0. The molecule has 1 aliphatic rings. The van der Waals surface area contributed by atoms with Crippen LogP contribution in [0.5, 0.6) is 5.75 Å². The van der Waals surface area contributed by atoms with Crippen LogP contribution in [-0.2, 0) is 16.9 Å². The number of benzene rings is 1. The van der Waals surface area contributed by atoms with Crippen molar-refractivity contribution in [3.05, 3.63) is 53.5 Å². The summed E-state index contributed by atoms with van der Waals surface area (Å²) < 4.78 is 10.5. The molecule has 1 aromatic carbocycles. The van der Waals surface area contributed by atoms with Crippen LogP contribution in [0.1, 0.15) is 23.8 Å². The number of urea groups is 1. The zero-order valence-corrected chi connectivity index (χ0v) is 13.3. The molecule has 2 heterocycles. The molecule has 1 aliphatic heterocycles. The maximum Gasteiger partial charge on any atom is 0.325 e. The smallest absolute Gasteiger partial charge is 0.325 e. The molecule has 6 nitrogen and oxygen atoms in total. The van der Waals surface area contributed by atoms with Crippen molar-refractivity contribution in [3.8, 4) is 5.75 Å². The lowest BCUT2D eigenvalue weighted by Gasteiger charge is -2.19. The van der Waals surface area contributed by atoms with Gasteiger partial charge in [0, 0.05) is 0 Å². The van der Waals surface area contributed by atoms with Crippen molar-refractivity contribution in [1.82, 2.24) is 10.2 Å². The normalized spacial score (nSPS) is 20.7. The molecule has 0 radical (unpaired) electrons. The van der Waals surface area contributed by atoms with Crippen LogP contribution in [-0.4, -0.2) is 23.9 Å². The van der Waals surface area contributed by atoms with E-state index in [0.29, 0.717) is 5.76 Å². The van der Waals surface area contributed by atoms with Crippen molar-refractivity contribution in [1.29, 1.82) is 0 Å². The fourth-order valence-electron chi connectivity index (χ4n) is 2.79. The molecular weight excluding hydrogens is 296 g/mol. The maximum atomic E-state index is 12.7. The summed E-state index contributed by atoms with van der Waals surface area (Å²) in [5, 5.41) is 2.71. The first kappa shape index (κ1) is 15.1. The highest BCUT2D eigenvalue weighted by Crippen LogP contribution is 2.30. The molecule has 0 unspecified atom stereocenters. The van der Waals surface area contributed by atoms with E-state index >= 15 is 0 Å². The Kier molecular flexibility index (Phi) is 3.60. The van der Waals surface area contributed by atoms with Crippen LogP contribution in [0, 0.1) is 6.92 Å². The summed E-state index contributed by atoms with van der Waals surface area (Å²) in [6, 6.07) is 8.52. The second-order valence-electron chi connectivity index (χ2n) is 5.73. The molecule has 0 bridgehead atoms. The van der Waals surface area contributed by atoms with E-state index in [9.17, 15) is 9.59 Å². The number of amides is 3. The third kappa shape index (κ3) is 2.46. The van der Waals surface area contributed by atoms with Crippen molar-refractivity contribution in [3.63, 3.8) is 0 Å². The lowest BCUT2D eigenvalue weighted by molar-refractivity contribution is -0.132. The summed E-state index contributed by atoms with van der Waals surface area (Å²) in [4.78, 5) is 26.1. The van der Waals surface area contributed by atoms with Gasteiger partial charge in [0.15, 0.2) is 5.54 Å². The molecule has 1 atom stereocenters. The van der Waals surface area contributed by atoms with Gasteiger partial charge in [-0.2, -0.15) is 0 Å². The number of imide groups is 1. The Hall–Kier alpha value is -2.76. The molecule has 6 heteroatoms. The molecular formula is C17H18N2O4. The van der Waals surface area contributed by atoms with E-state index in [1.165, 1.54) is 11.2 Å². The quantitative estimate of drug-likeness (QED) is 0.880. The van der Waals surface area contributed by atoms with Crippen molar-refractivity contribution < 1.29 is 18.7 Å². The second kappa shape index (κ2) is 5.46. The number of rotatable bonds is 4. The molecule has 3 amide bonds. The number of aryl methyl sites for hydroxylation is 1. The lowest BCUT2D eigenvalue weighted by atomic mass is 9.99. The molecule has 1 aromatic heterocycles. The lowest BCUT2D eigenvalue weighted by Crippen LogP contribution is -2.40. The van der Waals surface area contributed by atoms with Crippen molar-refractivity contribution in [2.45, 2.75) is 25.9 Å². The highest BCUT2D eigenvalue weighted by molar-refractivity contribution is 6.06. The monoisotopic (exact) mass is 314 g/mol. The van der Waals surface area contributed by atoms with Gasteiger partial charge >= 0.3 is 6.03 Å². The minimum absolute atomic E-state index is 0.200. The predicted molar refractivity (Wildman–Crippen MR) is 82.9 cm³/mol. The highest BCUT2D eigenvalue weighted by atomic mass is 16.5. The number of carbonyl (C=O) groups is 2. The van der Waals surface area contributed by atoms with Gasteiger partial charge in [-0.15, -0.1) is 0 Å². The summed E-state index contributed by atoms with van der Waals surface area (Å²) in [7, 11) is 1.61. The fourth-order valence-corrected chi connectivity index (χ4v) is 2.79. The maximum absolute atomic E-state index is 12.7. The highest BCUT2D eigenvalue weighted by Gasteiger charge is 2.50. The Morgan fingerprint density at radius 3 is 2.70 bits per heavy atom. The van der Waals surface area contributed by atoms with Crippen LogP contribution < -0.4 is 10.1 Å². The van der Waals surface area contributed by atoms with Crippen LogP contribution in [0.25, 0.3) is 0 Å². The van der Waals surface area contributed by atoms with Crippen LogP contribution in [0.15, 0.2) is 41.0 Å². The molecule has 2 aromatic rings. The molecule has 1 N–H and O–H groups in total. The zero-order valence-electron chi connectivity index (χ0n) is 13.3. The summed E-state index contributed by atoms with van der Waals surface area (Å²) in [5.41, 5.74) is 0.642. The Balaban J connectivity index is 1.85. The topological polar surface area (TPSA) is 71.8 Å². The van der Waals surface area contributed by atoms with E-state index < -0.39 is 11.6 Å². The van der Waals surface area contributed by atoms with E-state index in [1.54, 1.807) is 26.2 Å². The third-order valence-corrected chi connectivity index (χ3v) is 4.09. The van der Waals surface area contributed by atoms with E-state index in [4.69, 9.17) is 9.15 Å². The van der Waals surface area contributed by atoms with Crippen LogP contribution in [0.2, 0.25) is 0 Å². The van der Waals surface area contributed by atoms with Gasteiger partial charge in [0.2, 0.25) is 0 Å². The first-order chi connectivity index (χ1) is 11.0. The SMILES string of the molecule is COc1ccc(CN2C(=O)N[C@@](C)(c3ccco3)C2=O)cc1C. The third-order valence-electron chi connectivity index (χ3n) is 4.09.